The molecule has 0 aromatic rings. The summed E-state index contributed by atoms with van der Waals surface area (Å²) in [6.45, 7) is 2.21. The highest BCUT2D eigenvalue weighted by Gasteiger charge is 2.32. The first-order chi connectivity index (χ1) is 10.1. The van der Waals surface area contributed by atoms with Crippen molar-refractivity contribution in [2.24, 2.45) is 0 Å². The molecule has 2 amide bonds. The van der Waals surface area contributed by atoms with Gasteiger partial charge < -0.3 is 20.6 Å². The van der Waals surface area contributed by atoms with E-state index < -0.39 is 12.0 Å². The van der Waals surface area contributed by atoms with Crippen LogP contribution in [0, 0.1) is 0 Å². The maximum absolute atomic E-state index is 12.0. The van der Waals surface area contributed by atoms with Gasteiger partial charge in [0.25, 0.3) is 0 Å². The quantitative estimate of drug-likeness (QED) is 0.684. The molecule has 0 aromatic carbocycles. The van der Waals surface area contributed by atoms with Crippen molar-refractivity contribution in [3.8, 4) is 0 Å². The predicted molar refractivity (Wildman–Crippen MR) is 83.7 cm³/mol. The Morgan fingerprint density at radius 3 is 2.90 bits per heavy atom. The Labute approximate surface area is 130 Å². The molecule has 7 heteroatoms. The van der Waals surface area contributed by atoms with Gasteiger partial charge >= 0.3 is 12.0 Å². The van der Waals surface area contributed by atoms with Crippen LogP contribution in [0.25, 0.3) is 0 Å². The summed E-state index contributed by atoms with van der Waals surface area (Å²) in [7, 11) is 0. The van der Waals surface area contributed by atoms with Gasteiger partial charge in [0, 0.05) is 18.6 Å². The molecule has 0 bridgehead atoms. The number of aliphatic carboxylic acids is 1. The number of carboxylic acids is 1. The van der Waals surface area contributed by atoms with E-state index in [2.05, 4.69) is 15.5 Å². The van der Waals surface area contributed by atoms with Gasteiger partial charge in [-0.2, -0.15) is 11.8 Å². The molecular formula is C14H25N3O3S. The van der Waals surface area contributed by atoms with Gasteiger partial charge in [-0.25, -0.2) is 9.59 Å². The molecular weight excluding hydrogens is 290 g/mol. The Balaban J connectivity index is 1.76. The summed E-state index contributed by atoms with van der Waals surface area (Å²) in [5.41, 5.74) is 0. The summed E-state index contributed by atoms with van der Waals surface area (Å²) in [4.78, 5) is 25.6. The molecule has 0 aliphatic carbocycles. The Bertz CT molecular complexity index is 380. The lowest BCUT2D eigenvalue weighted by Crippen LogP contribution is -2.53. The van der Waals surface area contributed by atoms with E-state index in [0.29, 0.717) is 12.5 Å². The second kappa shape index (κ2) is 7.89. The van der Waals surface area contributed by atoms with E-state index in [1.807, 2.05) is 6.26 Å². The highest BCUT2D eigenvalue weighted by molar-refractivity contribution is 7.98. The number of rotatable bonds is 6. The molecule has 6 nitrogen and oxygen atoms in total. The van der Waals surface area contributed by atoms with Crippen LogP contribution in [-0.4, -0.2) is 65.2 Å². The zero-order chi connectivity index (χ0) is 15.2. The largest absolute Gasteiger partial charge is 0.480 e. The number of urea groups is 1. The van der Waals surface area contributed by atoms with Crippen molar-refractivity contribution < 1.29 is 14.7 Å². The first-order valence-electron chi connectivity index (χ1n) is 7.63. The van der Waals surface area contributed by atoms with Gasteiger partial charge in [-0.05, 0) is 50.7 Å². The number of hydrogen-bond donors (Lipinski definition) is 3. The maximum atomic E-state index is 12.0. The minimum atomic E-state index is -0.968. The fourth-order valence-electron chi connectivity index (χ4n) is 3.23. The van der Waals surface area contributed by atoms with Gasteiger partial charge in [0.2, 0.25) is 0 Å². The van der Waals surface area contributed by atoms with Crippen LogP contribution in [-0.2, 0) is 4.79 Å². The molecule has 0 spiro atoms. The summed E-state index contributed by atoms with van der Waals surface area (Å²) >= 11 is 1.58. The van der Waals surface area contributed by atoms with Crippen molar-refractivity contribution in [1.82, 2.24) is 15.5 Å². The highest BCUT2D eigenvalue weighted by Crippen LogP contribution is 2.26. The molecule has 21 heavy (non-hydrogen) atoms. The molecule has 3 atom stereocenters. The summed E-state index contributed by atoms with van der Waals surface area (Å²) < 4.78 is 0. The lowest BCUT2D eigenvalue weighted by atomic mass is 9.98. The molecule has 2 heterocycles. The Morgan fingerprint density at radius 2 is 2.19 bits per heavy atom. The third kappa shape index (κ3) is 4.78. The number of thioether (sulfide) groups is 1. The maximum Gasteiger partial charge on any atom is 0.326 e. The molecule has 120 valence electrons. The van der Waals surface area contributed by atoms with Crippen LogP contribution in [0.1, 0.15) is 32.1 Å². The fraction of sp³-hybridized carbons (Fsp3) is 0.857. The molecule has 2 saturated heterocycles. The standard InChI is InChI=1S/C14H25N3O3S/c1-21-8-5-12(13(18)19)16-14(20)15-10-4-7-17-6-2-3-11(17)9-10/h10-12H,2-9H2,1H3,(H,18,19)(H2,15,16,20). The van der Waals surface area contributed by atoms with Crippen LogP contribution in [0.15, 0.2) is 0 Å². The molecule has 3 N–H and O–H groups in total. The highest BCUT2D eigenvalue weighted by atomic mass is 32.2. The Hall–Kier alpha value is -0.950. The molecule has 0 saturated carbocycles. The van der Waals surface area contributed by atoms with E-state index in [9.17, 15) is 9.59 Å². The number of carbonyl (C=O) groups excluding carboxylic acids is 1. The molecule has 2 fully saturated rings. The summed E-state index contributed by atoms with van der Waals surface area (Å²) in [5.74, 6) is -0.248. The number of nitrogens with one attached hydrogen (secondary N) is 2. The van der Waals surface area contributed by atoms with Crippen molar-refractivity contribution >= 4 is 23.8 Å². The second-order valence-electron chi connectivity index (χ2n) is 5.84. The van der Waals surface area contributed by atoms with Crippen LogP contribution >= 0.6 is 11.8 Å². The van der Waals surface area contributed by atoms with E-state index in [-0.39, 0.29) is 12.1 Å². The number of piperidine rings is 1. The van der Waals surface area contributed by atoms with Crippen molar-refractivity contribution in [3.63, 3.8) is 0 Å². The fourth-order valence-corrected chi connectivity index (χ4v) is 3.71. The van der Waals surface area contributed by atoms with E-state index >= 15 is 0 Å². The van der Waals surface area contributed by atoms with Gasteiger partial charge in [-0.1, -0.05) is 0 Å². The smallest absolute Gasteiger partial charge is 0.326 e. The van der Waals surface area contributed by atoms with Gasteiger partial charge in [0.05, 0.1) is 0 Å². The molecule has 3 unspecified atom stereocenters. The number of carbonyl (C=O) groups is 2. The third-order valence-corrected chi connectivity index (χ3v) is 5.01. The molecule has 2 aliphatic heterocycles. The van der Waals surface area contributed by atoms with Crippen molar-refractivity contribution in [3.05, 3.63) is 0 Å². The third-order valence-electron chi connectivity index (χ3n) is 4.37. The topological polar surface area (TPSA) is 81.7 Å². The number of fused-ring (bicyclic) bond motifs is 1. The van der Waals surface area contributed by atoms with E-state index in [0.717, 1.165) is 25.1 Å². The number of amides is 2. The second-order valence-corrected chi connectivity index (χ2v) is 6.83. The minimum absolute atomic E-state index is 0.166. The number of carboxylic acid groups (broad SMARTS) is 1. The average Bonchev–Trinajstić information content (AvgIpc) is 2.90. The van der Waals surface area contributed by atoms with Gasteiger partial charge in [0.15, 0.2) is 0 Å². The predicted octanol–water partition coefficient (Wildman–Crippen LogP) is 1.12. The van der Waals surface area contributed by atoms with Gasteiger partial charge in [0.1, 0.15) is 6.04 Å². The summed E-state index contributed by atoms with van der Waals surface area (Å²) in [6, 6.07) is -0.390. The summed E-state index contributed by atoms with van der Waals surface area (Å²) in [6.07, 6.45) is 6.77. The van der Waals surface area contributed by atoms with E-state index in [4.69, 9.17) is 5.11 Å². The number of nitrogens with zero attached hydrogens (tertiary/aromatic N) is 1. The monoisotopic (exact) mass is 315 g/mol. The van der Waals surface area contributed by atoms with Gasteiger partial charge in [-0.3, -0.25) is 0 Å². The molecule has 2 aliphatic rings. The van der Waals surface area contributed by atoms with Crippen molar-refractivity contribution in [2.45, 2.75) is 50.2 Å². The first-order valence-corrected chi connectivity index (χ1v) is 9.02. The van der Waals surface area contributed by atoms with E-state index in [1.165, 1.54) is 19.4 Å². The Morgan fingerprint density at radius 1 is 1.38 bits per heavy atom. The SMILES string of the molecule is CSCCC(NC(=O)NC1CCN2CCCC2C1)C(=O)O. The zero-order valence-electron chi connectivity index (χ0n) is 12.5. The van der Waals surface area contributed by atoms with Crippen LogP contribution in [0.3, 0.4) is 0 Å². The van der Waals surface area contributed by atoms with Crippen LogP contribution in [0.4, 0.5) is 4.79 Å². The van der Waals surface area contributed by atoms with Crippen LogP contribution < -0.4 is 10.6 Å². The van der Waals surface area contributed by atoms with Crippen molar-refractivity contribution in [2.75, 3.05) is 25.1 Å². The normalized spacial score (nSPS) is 26.9. The average molecular weight is 315 g/mol. The molecule has 0 aromatic heterocycles. The summed E-state index contributed by atoms with van der Waals surface area (Å²) in [5, 5.41) is 14.6. The van der Waals surface area contributed by atoms with Gasteiger partial charge in [-0.15, -0.1) is 0 Å². The zero-order valence-corrected chi connectivity index (χ0v) is 13.3. The first kappa shape index (κ1) is 16.4. The lowest BCUT2D eigenvalue weighted by molar-refractivity contribution is -0.139. The van der Waals surface area contributed by atoms with Crippen LogP contribution in [0.2, 0.25) is 0 Å². The minimum Gasteiger partial charge on any atom is -0.480 e. The molecule has 0 radical (unpaired) electrons. The Kier molecular flexibility index (Phi) is 6.17. The van der Waals surface area contributed by atoms with E-state index in [1.54, 1.807) is 11.8 Å². The lowest BCUT2D eigenvalue weighted by Gasteiger charge is -2.35. The van der Waals surface area contributed by atoms with Crippen molar-refractivity contribution in [1.29, 1.82) is 0 Å². The molecule has 2 rings (SSSR count). The van der Waals surface area contributed by atoms with Crippen LogP contribution in [0.5, 0.6) is 0 Å². The number of hydrogen-bond acceptors (Lipinski definition) is 4.